The second-order valence-corrected chi connectivity index (χ2v) is 4.78. The van der Waals surface area contributed by atoms with Crippen LogP contribution in [-0.4, -0.2) is 26.0 Å². The van der Waals surface area contributed by atoms with Crippen molar-refractivity contribution < 1.29 is 4.79 Å². The lowest BCUT2D eigenvalue weighted by Gasteiger charge is -2.34. The minimum Gasteiger partial charge on any atom is -0.317 e. The van der Waals surface area contributed by atoms with E-state index in [1.54, 1.807) is 0 Å². The van der Waals surface area contributed by atoms with E-state index in [0.717, 1.165) is 44.6 Å². The van der Waals surface area contributed by atoms with Gasteiger partial charge >= 0.3 is 0 Å². The third kappa shape index (κ3) is 1.28. The van der Waals surface area contributed by atoms with Crippen LogP contribution in [0.3, 0.4) is 0 Å². The van der Waals surface area contributed by atoms with Crippen molar-refractivity contribution in [1.29, 1.82) is 0 Å². The molecule has 1 N–H and O–H groups in total. The molecule has 2 aliphatic rings. The zero-order valence-electron chi connectivity index (χ0n) is 9.28. The summed E-state index contributed by atoms with van der Waals surface area (Å²) in [6, 6.07) is 8.33. The zero-order chi connectivity index (χ0) is 11.0. The molecular formula is C13H16N2O. The number of piperidine rings is 1. The van der Waals surface area contributed by atoms with Crippen molar-refractivity contribution in [3.8, 4) is 0 Å². The Bertz CT molecular complexity index is 410. The molecule has 0 saturated carbocycles. The number of para-hydroxylation sites is 1. The molecule has 84 valence electrons. The predicted octanol–water partition coefficient (Wildman–Crippen LogP) is 1.28. The fourth-order valence-electron chi connectivity index (χ4n) is 3.10. The molecule has 0 aliphatic carbocycles. The molecule has 1 aromatic carbocycles. The Balaban J connectivity index is 2.07. The van der Waals surface area contributed by atoms with Gasteiger partial charge in [0.1, 0.15) is 0 Å². The van der Waals surface area contributed by atoms with Gasteiger partial charge in [-0.15, -0.1) is 0 Å². The summed E-state index contributed by atoms with van der Waals surface area (Å²) in [7, 11) is 0. The van der Waals surface area contributed by atoms with Crippen LogP contribution in [-0.2, 0) is 10.2 Å². The average Bonchev–Trinajstić information content (AvgIpc) is 2.66. The molecule has 0 bridgehead atoms. The van der Waals surface area contributed by atoms with Gasteiger partial charge in [0.25, 0.3) is 0 Å². The number of carbonyl (C=O) groups excluding carboxylic acids is 1. The summed E-state index contributed by atoms with van der Waals surface area (Å²) >= 11 is 0. The van der Waals surface area contributed by atoms with Crippen molar-refractivity contribution in [2.75, 3.05) is 24.5 Å². The van der Waals surface area contributed by atoms with E-state index in [4.69, 9.17) is 0 Å². The van der Waals surface area contributed by atoms with E-state index in [1.165, 1.54) is 5.56 Å². The van der Waals surface area contributed by atoms with E-state index >= 15 is 0 Å². The Morgan fingerprint density at radius 2 is 2.00 bits per heavy atom. The van der Waals surface area contributed by atoms with E-state index in [0.29, 0.717) is 0 Å². The molecule has 3 heteroatoms. The van der Waals surface area contributed by atoms with Gasteiger partial charge in [0.05, 0.1) is 0 Å². The normalized spacial score (nSPS) is 22.1. The zero-order valence-corrected chi connectivity index (χ0v) is 9.28. The van der Waals surface area contributed by atoms with E-state index in [9.17, 15) is 4.79 Å². The van der Waals surface area contributed by atoms with Gasteiger partial charge in [0.2, 0.25) is 6.41 Å². The van der Waals surface area contributed by atoms with Crippen LogP contribution in [0, 0.1) is 0 Å². The number of fused-ring (bicyclic) bond motifs is 2. The third-order valence-corrected chi connectivity index (χ3v) is 3.95. The summed E-state index contributed by atoms with van der Waals surface area (Å²) in [6.45, 7) is 2.97. The number of anilines is 1. The first-order valence-corrected chi connectivity index (χ1v) is 5.88. The van der Waals surface area contributed by atoms with Gasteiger partial charge in [0, 0.05) is 17.6 Å². The van der Waals surface area contributed by atoms with Crippen molar-refractivity contribution in [2.45, 2.75) is 18.3 Å². The Labute approximate surface area is 95.4 Å². The molecule has 1 fully saturated rings. The lowest BCUT2D eigenvalue weighted by molar-refractivity contribution is -0.107. The quantitative estimate of drug-likeness (QED) is 0.717. The molecule has 1 spiro atoms. The summed E-state index contributed by atoms with van der Waals surface area (Å²) < 4.78 is 0. The van der Waals surface area contributed by atoms with Crippen molar-refractivity contribution in [1.82, 2.24) is 5.32 Å². The summed E-state index contributed by atoms with van der Waals surface area (Å²) in [5.74, 6) is 0. The summed E-state index contributed by atoms with van der Waals surface area (Å²) in [4.78, 5) is 13.0. The van der Waals surface area contributed by atoms with E-state index in [-0.39, 0.29) is 5.41 Å². The Morgan fingerprint density at radius 3 is 2.75 bits per heavy atom. The maximum absolute atomic E-state index is 11.1. The van der Waals surface area contributed by atoms with Gasteiger partial charge in [-0.25, -0.2) is 0 Å². The number of amides is 1. The standard InChI is InChI=1S/C13H16N2O/c16-10-15-9-13(5-7-14-8-6-13)11-3-1-2-4-12(11)15/h1-4,10,14H,5-9H2. The number of rotatable bonds is 1. The number of nitrogens with one attached hydrogen (secondary N) is 1. The van der Waals surface area contributed by atoms with Crippen molar-refractivity contribution in [2.24, 2.45) is 0 Å². The molecule has 0 unspecified atom stereocenters. The third-order valence-electron chi connectivity index (χ3n) is 3.95. The Hall–Kier alpha value is -1.35. The van der Waals surface area contributed by atoms with E-state index < -0.39 is 0 Å². The van der Waals surface area contributed by atoms with Gasteiger partial charge in [-0.2, -0.15) is 0 Å². The first kappa shape index (κ1) is 9.85. The largest absolute Gasteiger partial charge is 0.317 e. The highest BCUT2D eigenvalue weighted by atomic mass is 16.1. The molecule has 3 rings (SSSR count). The SMILES string of the molecule is O=CN1CC2(CCNCC2)c2ccccc21. The molecule has 0 radical (unpaired) electrons. The summed E-state index contributed by atoms with van der Waals surface area (Å²) in [5.41, 5.74) is 2.69. The smallest absolute Gasteiger partial charge is 0.214 e. The van der Waals surface area contributed by atoms with Gasteiger partial charge in [0.15, 0.2) is 0 Å². The Kier molecular flexibility index (Phi) is 2.21. The topological polar surface area (TPSA) is 32.3 Å². The molecule has 2 aliphatic heterocycles. The van der Waals surface area contributed by atoms with Crippen LogP contribution in [0.15, 0.2) is 24.3 Å². The highest BCUT2D eigenvalue weighted by molar-refractivity contribution is 5.81. The maximum atomic E-state index is 11.1. The molecule has 1 saturated heterocycles. The van der Waals surface area contributed by atoms with Crippen molar-refractivity contribution in [3.63, 3.8) is 0 Å². The monoisotopic (exact) mass is 216 g/mol. The van der Waals surface area contributed by atoms with Crippen molar-refractivity contribution in [3.05, 3.63) is 29.8 Å². The highest BCUT2D eigenvalue weighted by Gasteiger charge is 2.42. The van der Waals surface area contributed by atoms with Gasteiger partial charge < -0.3 is 10.2 Å². The van der Waals surface area contributed by atoms with Crippen LogP contribution in [0.25, 0.3) is 0 Å². The van der Waals surface area contributed by atoms with Crippen molar-refractivity contribution >= 4 is 12.1 Å². The lowest BCUT2D eigenvalue weighted by Crippen LogP contribution is -2.42. The van der Waals surface area contributed by atoms with E-state index in [2.05, 4.69) is 23.5 Å². The predicted molar refractivity (Wildman–Crippen MR) is 63.6 cm³/mol. The minimum atomic E-state index is 0.211. The first-order valence-electron chi connectivity index (χ1n) is 5.88. The van der Waals surface area contributed by atoms with Gasteiger partial charge in [-0.05, 0) is 37.6 Å². The van der Waals surface area contributed by atoms with Gasteiger partial charge in [-0.1, -0.05) is 18.2 Å². The number of carbonyl (C=O) groups is 1. The maximum Gasteiger partial charge on any atom is 0.214 e. The minimum absolute atomic E-state index is 0.211. The Morgan fingerprint density at radius 1 is 1.25 bits per heavy atom. The molecule has 0 atom stereocenters. The molecular weight excluding hydrogens is 200 g/mol. The number of hydrogen-bond donors (Lipinski definition) is 1. The summed E-state index contributed by atoms with van der Waals surface area (Å²) in [6.07, 6.45) is 3.23. The second-order valence-electron chi connectivity index (χ2n) is 4.78. The fourth-order valence-corrected chi connectivity index (χ4v) is 3.10. The van der Waals surface area contributed by atoms with Crippen LogP contribution >= 0.6 is 0 Å². The summed E-state index contributed by atoms with van der Waals surface area (Å²) in [5, 5.41) is 3.39. The second kappa shape index (κ2) is 3.59. The fraction of sp³-hybridized carbons (Fsp3) is 0.462. The van der Waals surface area contributed by atoms with Crippen LogP contribution in [0.1, 0.15) is 18.4 Å². The first-order chi connectivity index (χ1) is 7.86. The van der Waals surface area contributed by atoms with Crippen LogP contribution in [0.5, 0.6) is 0 Å². The average molecular weight is 216 g/mol. The molecule has 2 heterocycles. The molecule has 16 heavy (non-hydrogen) atoms. The molecule has 3 nitrogen and oxygen atoms in total. The number of nitrogens with zero attached hydrogens (tertiary/aromatic N) is 1. The van der Waals surface area contributed by atoms with Crippen LogP contribution < -0.4 is 10.2 Å². The van der Waals surface area contributed by atoms with E-state index in [1.807, 2.05) is 11.0 Å². The number of benzene rings is 1. The number of hydrogen-bond acceptors (Lipinski definition) is 2. The molecule has 0 aromatic heterocycles. The van der Waals surface area contributed by atoms with Gasteiger partial charge in [-0.3, -0.25) is 4.79 Å². The highest BCUT2D eigenvalue weighted by Crippen LogP contribution is 2.45. The van der Waals surface area contributed by atoms with Crippen LogP contribution in [0.2, 0.25) is 0 Å². The molecule has 1 aromatic rings. The van der Waals surface area contributed by atoms with Crippen LogP contribution in [0.4, 0.5) is 5.69 Å². The molecule has 1 amide bonds. The lowest BCUT2D eigenvalue weighted by atomic mass is 9.75.